The van der Waals surface area contributed by atoms with Gasteiger partial charge in [0.1, 0.15) is 0 Å². The lowest BCUT2D eigenvalue weighted by atomic mass is 9.70. The molecule has 72 heavy (non-hydrogen) atoms. The van der Waals surface area contributed by atoms with Gasteiger partial charge >= 0.3 is 0 Å². The highest BCUT2D eigenvalue weighted by molar-refractivity contribution is 6.08. The largest absolute Gasteiger partial charge is 0.309 e. The molecule has 11 aromatic carbocycles. The fourth-order valence-corrected chi connectivity index (χ4v) is 14.0. The minimum absolute atomic E-state index is 0.100. The summed E-state index contributed by atoms with van der Waals surface area (Å²) in [4.78, 5) is 2.60. The highest BCUT2D eigenvalue weighted by Gasteiger charge is 2.53. The molecule has 0 heterocycles. The summed E-state index contributed by atoms with van der Waals surface area (Å²) in [5.74, 6) is 0. The lowest BCUT2D eigenvalue weighted by molar-refractivity contribution is 0.660. The Hall–Kier alpha value is -8.52. The van der Waals surface area contributed by atoms with Crippen molar-refractivity contribution >= 4 is 27.8 Å². The van der Waals surface area contributed by atoms with Crippen molar-refractivity contribution in [3.63, 3.8) is 0 Å². The van der Waals surface area contributed by atoms with Crippen LogP contribution in [-0.4, -0.2) is 0 Å². The van der Waals surface area contributed by atoms with Crippen molar-refractivity contribution in [1.82, 2.24) is 0 Å². The summed E-state index contributed by atoms with van der Waals surface area (Å²) in [6.07, 6.45) is 0. The van der Waals surface area contributed by atoms with Crippen molar-refractivity contribution in [2.24, 2.45) is 0 Å². The predicted molar refractivity (Wildman–Crippen MR) is 301 cm³/mol. The van der Waals surface area contributed by atoms with Crippen LogP contribution in [0.25, 0.3) is 77.5 Å². The molecule has 0 aliphatic heterocycles. The summed E-state index contributed by atoms with van der Waals surface area (Å²) >= 11 is 0. The maximum absolute atomic E-state index is 2.60. The second-order valence-corrected chi connectivity index (χ2v) is 21.5. The number of rotatable bonds is 5. The van der Waals surface area contributed by atoms with Crippen LogP contribution >= 0.6 is 0 Å². The van der Waals surface area contributed by atoms with Gasteiger partial charge in [-0.3, -0.25) is 0 Å². The van der Waals surface area contributed by atoms with Crippen molar-refractivity contribution in [2.45, 2.75) is 43.9 Å². The molecule has 0 aromatic heterocycles. The molecular weight excluding hydrogens is 867 g/mol. The smallest absolute Gasteiger partial charge is 0.0726 e. The van der Waals surface area contributed by atoms with E-state index in [9.17, 15) is 0 Å². The minimum atomic E-state index is -0.516. The Bertz CT molecular complexity index is 4110. The van der Waals surface area contributed by atoms with Crippen LogP contribution in [0, 0.1) is 0 Å². The molecule has 15 rings (SSSR count). The maximum atomic E-state index is 2.60. The first kappa shape index (κ1) is 41.3. The minimum Gasteiger partial charge on any atom is -0.309 e. The van der Waals surface area contributed by atoms with Crippen molar-refractivity contribution in [2.75, 3.05) is 4.90 Å². The molecule has 1 heteroatoms. The van der Waals surface area contributed by atoms with Crippen LogP contribution in [0.5, 0.6) is 0 Å². The molecule has 0 N–H and O–H groups in total. The highest BCUT2D eigenvalue weighted by atomic mass is 15.1. The Morgan fingerprint density at radius 1 is 0.278 bits per heavy atom. The predicted octanol–water partition coefficient (Wildman–Crippen LogP) is 18.6. The van der Waals surface area contributed by atoms with E-state index in [0.717, 1.165) is 11.4 Å². The summed E-state index contributed by atoms with van der Waals surface area (Å²) in [5, 5.41) is 2.57. The number of anilines is 3. The molecule has 1 spiro atoms. The Labute approximate surface area is 422 Å². The fourth-order valence-electron chi connectivity index (χ4n) is 14.0. The Kier molecular flexibility index (Phi) is 8.46. The van der Waals surface area contributed by atoms with E-state index in [1.54, 1.807) is 0 Å². The maximum Gasteiger partial charge on any atom is 0.0726 e. The van der Waals surface area contributed by atoms with Gasteiger partial charge in [0.2, 0.25) is 0 Å². The number of fused-ring (bicyclic) bond motifs is 18. The lowest BCUT2D eigenvalue weighted by Gasteiger charge is -2.33. The zero-order valence-corrected chi connectivity index (χ0v) is 41.0. The van der Waals surface area contributed by atoms with Crippen LogP contribution < -0.4 is 4.90 Å². The first-order valence-corrected chi connectivity index (χ1v) is 25.6. The molecule has 0 bridgehead atoms. The van der Waals surface area contributed by atoms with Crippen molar-refractivity contribution in [1.29, 1.82) is 0 Å². The van der Waals surface area contributed by atoms with Gasteiger partial charge < -0.3 is 4.90 Å². The summed E-state index contributed by atoms with van der Waals surface area (Å²) in [6.45, 7) is 9.54. The zero-order valence-electron chi connectivity index (χ0n) is 41.0. The number of hydrogen-bond acceptors (Lipinski definition) is 1. The van der Waals surface area contributed by atoms with E-state index in [1.165, 1.54) is 128 Å². The van der Waals surface area contributed by atoms with Gasteiger partial charge in [0.05, 0.1) is 16.8 Å². The quantitative estimate of drug-likeness (QED) is 0.166. The average Bonchev–Trinajstić information content (AvgIpc) is 4.07. The van der Waals surface area contributed by atoms with E-state index < -0.39 is 5.41 Å². The molecule has 4 aliphatic carbocycles. The van der Waals surface area contributed by atoms with Crippen LogP contribution in [0.15, 0.2) is 237 Å². The third-order valence-corrected chi connectivity index (χ3v) is 17.3. The second kappa shape index (κ2) is 14.8. The SMILES string of the molecule is CC1(C)c2ccccc2-c2ccc(-c3ccc(N(c4ccc5c(c4)C(C)(C)c4ccccc4-5)c4cccc5c4-c4ccccc4C54c5ccccc5-c5c4ccc4ccccc54)c(-c4ccccc4)c3)cc21. The first-order chi connectivity index (χ1) is 35.2. The van der Waals surface area contributed by atoms with Gasteiger partial charge in [-0.05, 0) is 147 Å². The lowest BCUT2D eigenvalue weighted by Crippen LogP contribution is -2.26. The van der Waals surface area contributed by atoms with Gasteiger partial charge in [-0.25, -0.2) is 0 Å². The Morgan fingerprint density at radius 2 is 0.792 bits per heavy atom. The van der Waals surface area contributed by atoms with E-state index in [-0.39, 0.29) is 10.8 Å². The van der Waals surface area contributed by atoms with Gasteiger partial charge in [0.25, 0.3) is 0 Å². The Balaban J connectivity index is 1.01. The first-order valence-electron chi connectivity index (χ1n) is 25.6. The standard InChI is InChI=1S/C71H51N/c1-69(2)57-27-14-10-23-50(57)52-37-33-47(42-63(52)69)46-35-40-65(56(41-46)44-19-6-5-7-20-44)72(48-36-38-53-51-24-11-15-28-58(51)70(3,4)64(53)43-48)66-32-18-31-61-68(66)55-26-13-17-30-60(55)71(61)59-29-16-12-25-54(59)67-49-22-9-8-21-45(49)34-39-62(67)71/h5-43H,1-4H3. The zero-order chi connectivity index (χ0) is 48.1. The van der Waals surface area contributed by atoms with Crippen LogP contribution in [0.3, 0.4) is 0 Å². The third kappa shape index (κ3) is 5.38. The van der Waals surface area contributed by atoms with Crippen LogP contribution in [0.4, 0.5) is 17.1 Å². The molecule has 0 saturated carbocycles. The normalized spacial score (nSPS) is 16.3. The van der Waals surface area contributed by atoms with Crippen LogP contribution in [0.2, 0.25) is 0 Å². The van der Waals surface area contributed by atoms with E-state index in [4.69, 9.17) is 0 Å². The van der Waals surface area contributed by atoms with E-state index >= 15 is 0 Å². The van der Waals surface area contributed by atoms with Crippen molar-refractivity contribution < 1.29 is 0 Å². The third-order valence-electron chi connectivity index (χ3n) is 17.3. The van der Waals surface area contributed by atoms with Gasteiger partial charge in [0.15, 0.2) is 0 Å². The number of hydrogen-bond donors (Lipinski definition) is 0. The molecule has 1 nitrogen and oxygen atoms in total. The fraction of sp³-hybridized carbons (Fsp3) is 0.0986. The molecule has 0 fully saturated rings. The topological polar surface area (TPSA) is 3.24 Å². The van der Waals surface area contributed by atoms with Crippen LogP contribution in [-0.2, 0) is 16.2 Å². The molecule has 0 saturated heterocycles. The summed E-state index contributed by atoms with van der Waals surface area (Å²) in [7, 11) is 0. The van der Waals surface area contributed by atoms with Crippen LogP contribution in [0.1, 0.15) is 72.2 Å². The Morgan fingerprint density at radius 3 is 1.50 bits per heavy atom. The molecule has 1 unspecified atom stereocenters. The monoisotopic (exact) mass is 917 g/mol. The average molecular weight is 918 g/mol. The van der Waals surface area contributed by atoms with Crippen molar-refractivity contribution in [3.8, 4) is 66.8 Å². The number of nitrogens with zero attached hydrogens (tertiary/aromatic N) is 1. The van der Waals surface area contributed by atoms with Crippen molar-refractivity contribution in [3.05, 3.63) is 281 Å². The van der Waals surface area contributed by atoms with E-state index in [1.807, 2.05) is 0 Å². The summed E-state index contributed by atoms with van der Waals surface area (Å²) < 4.78 is 0. The molecule has 0 amide bonds. The summed E-state index contributed by atoms with van der Waals surface area (Å²) in [6, 6.07) is 89.9. The molecule has 0 radical (unpaired) electrons. The molecule has 11 aromatic rings. The van der Waals surface area contributed by atoms with Gasteiger partial charge in [0, 0.05) is 27.6 Å². The summed E-state index contributed by atoms with van der Waals surface area (Å²) in [5.41, 5.74) is 28.8. The van der Waals surface area contributed by atoms with E-state index in [0.29, 0.717) is 0 Å². The van der Waals surface area contributed by atoms with Gasteiger partial charge in [-0.2, -0.15) is 0 Å². The van der Waals surface area contributed by atoms with E-state index in [2.05, 4.69) is 269 Å². The second-order valence-electron chi connectivity index (χ2n) is 21.5. The highest BCUT2D eigenvalue weighted by Crippen LogP contribution is 2.66. The number of benzene rings is 11. The molecular formula is C71H51N. The van der Waals surface area contributed by atoms with Gasteiger partial charge in [-0.15, -0.1) is 0 Å². The molecule has 4 aliphatic rings. The molecule has 1 atom stereocenters. The molecule has 340 valence electrons. The van der Waals surface area contributed by atoms with Gasteiger partial charge in [-0.1, -0.05) is 228 Å².